The summed E-state index contributed by atoms with van der Waals surface area (Å²) in [6.07, 6.45) is 5.50. The van der Waals surface area contributed by atoms with Crippen LogP contribution in [0.2, 0.25) is 0 Å². The van der Waals surface area contributed by atoms with Gasteiger partial charge in [-0.3, -0.25) is 9.25 Å². The van der Waals surface area contributed by atoms with Crippen molar-refractivity contribution in [1.82, 2.24) is 24.2 Å². The van der Waals surface area contributed by atoms with E-state index in [-0.39, 0.29) is 11.7 Å². The number of ether oxygens (including phenoxy) is 1. The van der Waals surface area contributed by atoms with Crippen LogP contribution in [0.25, 0.3) is 11.0 Å². The van der Waals surface area contributed by atoms with Gasteiger partial charge < -0.3 is 10.1 Å². The van der Waals surface area contributed by atoms with Crippen LogP contribution in [0.3, 0.4) is 0 Å². The number of carbonyl (C=O) groups is 1. The molecular formula is C21H27N5O3. The van der Waals surface area contributed by atoms with Crippen LogP contribution in [0, 0.1) is 5.92 Å². The van der Waals surface area contributed by atoms with Crippen LogP contribution in [-0.2, 0) is 17.8 Å². The number of fused-ring (bicyclic) bond motifs is 1. The number of hydrogen-bond donors (Lipinski definition) is 1. The molecule has 0 atom stereocenters. The molecule has 1 fully saturated rings. The zero-order chi connectivity index (χ0) is 20.4. The van der Waals surface area contributed by atoms with Crippen molar-refractivity contribution < 1.29 is 9.53 Å². The van der Waals surface area contributed by atoms with E-state index in [0.717, 1.165) is 37.1 Å². The van der Waals surface area contributed by atoms with Crippen molar-refractivity contribution in [3.05, 3.63) is 52.7 Å². The lowest BCUT2D eigenvalue weighted by molar-refractivity contribution is 0.0613. The summed E-state index contributed by atoms with van der Waals surface area (Å²) in [6.45, 7) is 6.46. The van der Waals surface area contributed by atoms with Gasteiger partial charge in [-0.15, -0.1) is 0 Å². The molecule has 1 aliphatic heterocycles. The van der Waals surface area contributed by atoms with Gasteiger partial charge in [-0.25, -0.2) is 14.2 Å². The zero-order valence-corrected chi connectivity index (χ0v) is 16.9. The lowest BCUT2D eigenvalue weighted by Crippen LogP contribution is -2.37. The standard InChI is InChI=1S/C21H27N5O3/c1-15(2)25-14-17(12-23-25)11-22-20(27)26-19-6-4-3-5-18(19)24(21(26)28)13-16-7-9-29-10-8-16/h3-6,12,14-16H,7-11,13H2,1-2H3,(H,22,27). The fourth-order valence-electron chi connectivity index (χ4n) is 3.78. The van der Waals surface area contributed by atoms with E-state index < -0.39 is 6.03 Å². The molecule has 0 saturated carbocycles. The average Bonchev–Trinajstić information content (AvgIpc) is 3.31. The zero-order valence-electron chi connectivity index (χ0n) is 16.9. The molecule has 0 unspecified atom stereocenters. The second-order valence-electron chi connectivity index (χ2n) is 7.85. The number of benzene rings is 1. The highest BCUT2D eigenvalue weighted by atomic mass is 16.5. The monoisotopic (exact) mass is 397 g/mol. The van der Waals surface area contributed by atoms with Gasteiger partial charge in [-0.2, -0.15) is 5.10 Å². The van der Waals surface area contributed by atoms with E-state index in [2.05, 4.69) is 10.4 Å². The van der Waals surface area contributed by atoms with E-state index in [1.54, 1.807) is 10.8 Å². The van der Waals surface area contributed by atoms with Crippen molar-refractivity contribution >= 4 is 17.1 Å². The number of nitrogens with one attached hydrogen (secondary N) is 1. The molecule has 0 radical (unpaired) electrons. The van der Waals surface area contributed by atoms with Gasteiger partial charge in [0.15, 0.2) is 0 Å². The Morgan fingerprint density at radius 2 is 1.97 bits per heavy atom. The number of amides is 1. The molecule has 0 bridgehead atoms. The van der Waals surface area contributed by atoms with Crippen molar-refractivity contribution in [2.75, 3.05) is 13.2 Å². The van der Waals surface area contributed by atoms with E-state index >= 15 is 0 Å². The first-order valence-electron chi connectivity index (χ1n) is 10.1. The van der Waals surface area contributed by atoms with E-state index in [1.807, 2.05) is 49.0 Å². The second kappa shape index (κ2) is 8.24. The summed E-state index contributed by atoms with van der Waals surface area (Å²) in [7, 11) is 0. The summed E-state index contributed by atoms with van der Waals surface area (Å²) in [5, 5.41) is 7.14. The Kier molecular flexibility index (Phi) is 5.53. The molecule has 8 nitrogen and oxygen atoms in total. The fourth-order valence-corrected chi connectivity index (χ4v) is 3.78. The number of carbonyl (C=O) groups excluding carboxylic acids is 1. The molecule has 29 heavy (non-hydrogen) atoms. The Labute approximate surface area is 169 Å². The summed E-state index contributed by atoms with van der Waals surface area (Å²) >= 11 is 0. The third-order valence-electron chi connectivity index (χ3n) is 5.45. The summed E-state index contributed by atoms with van der Waals surface area (Å²) in [6, 6.07) is 7.28. The van der Waals surface area contributed by atoms with Gasteiger partial charge in [-0.05, 0) is 44.7 Å². The highest BCUT2D eigenvalue weighted by Gasteiger charge is 2.22. The molecule has 3 aromatic rings. The summed E-state index contributed by atoms with van der Waals surface area (Å²) in [4.78, 5) is 26.0. The van der Waals surface area contributed by atoms with Crippen molar-refractivity contribution in [2.24, 2.45) is 5.92 Å². The lowest BCUT2D eigenvalue weighted by atomic mass is 10.0. The Balaban J connectivity index is 1.58. The first-order valence-corrected chi connectivity index (χ1v) is 10.1. The van der Waals surface area contributed by atoms with E-state index in [9.17, 15) is 9.59 Å². The highest BCUT2D eigenvalue weighted by Crippen LogP contribution is 2.20. The minimum absolute atomic E-state index is 0.255. The maximum absolute atomic E-state index is 13.1. The molecule has 1 saturated heterocycles. The third-order valence-corrected chi connectivity index (χ3v) is 5.45. The summed E-state index contributed by atoms with van der Waals surface area (Å²) in [5.74, 6) is 0.380. The quantitative estimate of drug-likeness (QED) is 0.718. The van der Waals surface area contributed by atoms with Crippen LogP contribution < -0.4 is 11.0 Å². The smallest absolute Gasteiger partial charge is 0.337 e. The van der Waals surface area contributed by atoms with Crippen LogP contribution in [0.4, 0.5) is 4.79 Å². The number of rotatable bonds is 5. The molecule has 0 aliphatic carbocycles. The minimum Gasteiger partial charge on any atom is -0.381 e. The van der Waals surface area contributed by atoms with Gasteiger partial charge in [0.2, 0.25) is 0 Å². The Morgan fingerprint density at radius 3 is 2.66 bits per heavy atom. The van der Waals surface area contributed by atoms with Crippen LogP contribution in [0.15, 0.2) is 41.5 Å². The van der Waals surface area contributed by atoms with Gasteiger partial charge in [0.25, 0.3) is 0 Å². The first-order chi connectivity index (χ1) is 14.0. The van der Waals surface area contributed by atoms with Crippen LogP contribution in [0.1, 0.15) is 38.3 Å². The van der Waals surface area contributed by atoms with Gasteiger partial charge >= 0.3 is 11.7 Å². The first kappa shape index (κ1) is 19.4. The summed E-state index contributed by atoms with van der Waals surface area (Å²) < 4.78 is 10.2. The van der Waals surface area contributed by atoms with Crippen molar-refractivity contribution in [1.29, 1.82) is 0 Å². The number of hydrogen-bond acceptors (Lipinski definition) is 4. The van der Waals surface area contributed by atoms with E-state index in [4.69, 9.17) is 4.74 Å². The van der Waals surface area contributed by atoms with Crippen molar-refractivity contribution in [3.8, 4) is 0 Å². The molecule has 0 spiro atoms. The topological polar surface area (TPSA) is 83.1 Å². The van der Waals surface area contributed by atoms with E-state index in [0.29, 0.717) is 24.5 Å². The van der Waals surface area contributed by atoms with Gasteiger partial charge in [0.05, 0.1) is 17.2 Å². The predicted octanol–water partition coefficient (Wildman–Crippen LogP) is 2.76. The molecule has 8 heteroatoms. The molecule has 1 amide bonds. The van der Waals surface area contributed by atoms with Crippen molar-refractivity contribution in [3.63, 3.8) is 0 Å². The fraction of sp³-hybridized carbons (Fsp3) is 0.476. The number of nitrogens with zero attached hydrogens (tertiary/aromatic N) is 4. The average molecular weight is 397 g/mol. The van der Waals surface area contributed by atoms with Crippen LogP contribution in [0.5, 0.6) is 0 Å². The molecule has 1 aliphatic rings. The minimum atomic E-state index is -0.422. The predicted molar refractivity (Wildman–Crippen MR) is 110 cm³/mol. The van der Waals surface area contributed by atoms with Crippen LogP contribution >= 0.6 is 0 Å². The molecule has 1 aromatic carbocycles. The molecular weight excluding hydrogens is 370 g/mol. The lowest BCUT2D eigenvalue weighted by Gasteiger charge is -2.22. The number of imidazole rings is 1. The number of para-hydroxylation sites is 2. The van der Waals surface area contributed by atoms with Gasteiger partial charge in [-0.1, -0.05) is 12.1 Å². The molecule has 4 rings (SSSR count). The molecule has 3 heterocycles. The van der Waals surface area contributed by atoms with Crippen LogP contribution in [-0.4, -0.2) is 38.2 Å². The SMILES string of the molecule is CC(C)n1cc(CNC(=O)n2c(=O)n(CC3CCOCC3)c3ccccc32)cn1. The van der Waals surface area contributed by atoms with E-state index in [1.165, 1.54) is 4.57 Å². The van der Waals surface area contributed by atoms with Gasteiger partial charge in [0, 0.05) is 44.1 Å². The third kappa shape index (κ3) is 3.98. The molecule has 2 aromatic heterocycles. The maximum atomic E-state index is 13.1. The Hall–Kier alpha value is -2.87. The Morgan fingerprint density at radius 1 is 1.24 bits per heavy atom. The van der Waals surface area contributed by atoms with Crippen molar-refractivity contribution in [2.45, 2.75) is 45.8 Å². The second-order valence-corrected chi connectivity index (χ2v) is 7.85. The normalized spacial score (nSPS) is 15.3. The van der Waals surface area contributed by atoms with Gasteiger partial charge in [0.1, 0.15) is 0 Å². The maximum Gasteiger partial charge on any atom is 0.337 e. The molecule has 154 valence electrons. The molecule has 1 N–H and O–H groups in total. The number of aromatic nitrogens is 4. The Bertz CT molecular complexity index is 1060. The largest absolute Gasteiger partial charge is 0.381 e. The summed E-state index contributed by atoms with van der Waals surface area (Å²) in [5.41, 5.74) is 2.01. The highest BCUT2D eigenvalue weighted by molar-refractivity contribution is 5.89.